The first-order valence-electron chi connectivity index (χ1n) is 17.2. The lowest BCUT2D eigenvalue weighted by Gasteiger charge is -2.45. The molecule has 0 spiro atoms. The summed E-state index contributed by atoms with van der Waals surface area (Å²) in [5, 5.41) is 0. The predicted octanol–water partition coefficient (Wildman–Crippen LogP) is 10.1. The molecule has 0 aromatic heterocycles. The van der Waals surface area contributed by atoms with E-state index in [4.69, 9.17) is 0 Å². The van der Waals surface area contributed by atoms with Gasteiger partial charge in [0.1, 0.15) is 0 Å². The maximum atomic E-state index is 2.58. The minimum atomic E-state index is 0.173. The van der Waals surface area contributed by atoms with Gasteiger partial charge in [-0.15, -0.1) is 0 Å². The van der Waals surface area contributed by atoms with E-state index in [-0.39, 0.29) is 6.71 Å². The van der Waals surface area contributed by atoms with Gasteiger partial charge < -0.3 is 9.80 Å². The SMILES string of the molecule is CC(C)c1ccc(N2c3ccccc3B3c4cc(C(C)C)ccc4N(c4ccccc4)c4cc(C5CCCCC5)cc2c43)cc1. The first kappa shape index (κ1) is 28.3. The highest BCUT2D eigenvalue weighted by Gasteiger charge is 2.43. The summed E-state index contributed by atoms with van der Waals surface area (Å²) in [6.07, 6.45) is 6.57. The van der Waals surface area contributed by atoms with Crippen LogP contribution < -0.4 is 26.2 Å². The molecule has 0 bridgehead atoms. The molecule has 45 heavy (non-hydrogen) atoms. The molecule has 2 aliphatic heterocycles. The summed E-state index contributed by atoms with van der Waals surface area (Å²) in [7, 11) is 0. The van der Waals surface area contributed by atoms with Crippen molar-refractivity contribution in [1.29, 1.82) is 0 Å². The quantitative estimate of drug-likeness (QED) is 0.185. The van der Waals surface area contributed by atoms with E-state index in [1.165, 1.54) is 99.3 Å². The van der Waals surface area contributed by atoms with Crippen molar-refractivity contribution < 1.29 is 0 Å². The Morgan fingerprint density at radius 2 is 1.11 bits per heavy atom. The molecule has 0 saturated heterocycles. The van der Waals surface area contributed by atoms with Crippen LogP contribution in [0.2, 0.25) is 0 Å². The molecule has 2 heterocycles. The molecule has 5 aromatic carbocycles. The molecule has 1 aliphatic carbocycles. The van der Waals surface area contributed by atoms with Crippen molar-refractivity contribution in [3.05, 3.63) is 126 Å². The summed E-state index contributed by atoms with van der Waals surface area (Å²) in [5.74, 6) is 1.57. The van der Waals surface area contributed by atoms with E-state index >= 15 is 0 Å². The third-order valence-electron chi connectivity index (χ3n) is 10.6. The Kier molecular flexibility index (Phi) is 7.09. The number of rotatable bonds is 5. The monoisotopic (exact) mass is 586 g/mol. The Morgan fingerprint density at radius 1 is 0.533 bits per heavy atom. The lowest BCUT2D eigenvalue weighted by molar-refractivity contribution is 0.444. The first-order chi connectivity index (χ1) is 22.0. The summed E-state index contributed by atoms with van der Waals surface area (Å²) >= 11 is 0. The Labute approximate surface area is 269 Å². The van der Waals surface area contributed by atoms with Gasteiger partial charge in [0.2, 0.25) is 0 Å². The van der Waals surface area contributed by atoms with Gasteiger partial charge in [0, 0.05) is 34.1 Å². The van der Waals surface area contributed by atoms with E-state index in [9.17, 15) is 0 Å². The molecule has 1 fully saturated rings. The molecule has 8 rings (SSSR count). The van der Waals surface area contributed by atoms with E-state index < -0.39 is 0 Å². The van der Waals surface area contributed by atoms with Crippen LogP contribution in [0.25, 0.3) is 0 Å². The maximum absolute atomic E-state index is 2.58. The molecule has 5 aromatic rings. The third kappa shape index (κ3) is 4.71. The lowest BCUT2D eigenvalue weighted by Crippen LogP contribution is -2.61. The normalized spacial score (nSPS) is 15.7. The smallest absolute Gasteiger partial charge is 0.252 e. The third-order valence-corrected chi connectivity index (χ3v) is 10.6. The predicted molar refractivity (Wildman–Crippen MR) is 194 cm³/mol. The second-order valence-electron chi connectivity index (χ2n) is 14.0. The number of anilines is 6. The van der Waals surface area contributed by atoms with Gasteiger partial charge in [0.05, 0.1) is 0 Å². The zero-order valence-electron chi connectivity index (χ0n) is 27.1. The van der Waals surface area contributed by atoms with Crippen molar-refractivity contribution in [3.63, 3.8) is 0 Å². The van der Waals surface area contributed by atoms with Crippen LogP contribution in [0.1, 0.15) is 94.2 Å². The van der Waals surface area contributed by atoms with Crippen LogP contribution in [0.5, 0.6) is 0 Å². The van der Waals surface area contributed by atoms with Gasteiger partial charge in [-0.25, -0.2) is 0 Å². The molecule has 224 valence electrons. The fourth-order valence-corrected chi connectivity index (χ4v) is 8.16. The molecule has 0 atom stereocenters. The first-order valence-corrected chi connectivity index (χ1v) is 17.2. The minimum Gasteiger partial charge on any atom is -0.311 e. The summed E-state index contributed by atoms with van der Waals surface area (Å²) < 4.78 is 0. The average Bonchev–Trinajstić information content (AvgIpc) is 3.08. The highest BCUT2D eigenvalue weighted by atomic mass is 15.2. The van der Waals surface area contributed by atoms with E-state index in [2.05, 4.69) is 147 Å². The molecule has 3 heteroatoms. The second-order valence-corrected chi connectivity index (χ2v) is 14.0. The fraction of sp³-hybridized carbons (Fsp3) is 0.286. The molecule has 0 N–H and O–H groups in total. The van der Waals surface area contributed by atoms with Crippen LogP contribution in [0.15, 0.2) is 109 Å². The molecule has 0 radical (unpaired) electrons. The van der Waals surface area contributed by atoms with E-state index in [1.807, 2.05) is 0 Å². The number of hydrogen-bond acceptors (Lipinski definition) is 2. The Hall–Kier alpha value is -4.24. The summed E-state index contributed by atoms with van der Waals surface area (Å²) in [4.78, 5) is 5.14. The number of fused-ring (bicyclic) bond motifs is 4. The van der Waals surface area contributed by atoms with Crippen molar-refractivity contribution in [1.82, 2.24) is 0 Å². The van der Waals surface area contributed by atoms with Gasteiger partial charge in [0.15, 0.2) is 0 Å². The molecular formula is C42H43BN2. The molecule has 0 unspecified atom stereocenters. The molecule has 3 aliphatic rings. The Bertz CT molecular complexity index is 1850. The number of hydrogen-bond donors (Lipinski definition) is 0. The summed E-state index contributed by atoms with van der Waals surface area (Å²) in [6.45, 7) is 9.35. The number of nitrogens with zero attached hydrogens (tertiary/aromatic N) is 2. The second kappa shape index (κ2) is 11.3. The topological polar surface area (TPSA) is 6.48 Å². The summed E-state index contributed by atoms with van der Waals surface area (Å²) in [6, 6.07) is 42.0. The standard InChI is InChI=1S/C42H43BN2/c1-28(2)30-19-22-35(23-20-30)45-38-18-12-11-17-36(38)43-37-25-32(29(3)4)21-24-39(37)44(34-15-9-6-10-16-34)40-26-33(27-41(45)42(40)43)31-13-7-5-8-14-31/h6,9-12,15-29,31H,5,7-8,13-14H2,1-4H3. The Balaban J connectivity index is 1.45. The van der Waals surface area contributed by atoms with Crippen LogP contribution in [0.4, 0.5) is 34.1 Å². The molecule has 1 saturated carbocycles. The fourth-order valence-electron chi connectivity index (χ4n) is 8.16. The van der Waals surface area contributed by atoms with Gasteiger partial charge >= 0.3 is 0 Å². The zero-order valence-corrected chi connectivity index (χ0v) is 27.1. The van der Waals surface area contributed by atoms with Crippen LogP contribution in [0, 0.1) is 0 Å². The van der Waals surface area contributed by atoms with Crippen LogP contribution in [-0.2, 0) is 0 Å². The van der Waals surface area contributed by atoms with Gasteiger partial charge in [-0.1, -0.05) is 108 Å². The molecular weight excluding hydrogens is 543 g/mol. The van der Waals surface area contributed by atoms with Gasteiger partial charge in [-0.3, -0.25) is 0 Å². The van der Waals surface area contributed by atoms with Crippen molar-refractivity contribution >= 4 is 57.2 Å². The number of benzene rings is 5. The van der Waals surface area contributed by atoms with Crippen LogP contribution in [0.3, 0.4) is 0 Å². The molecule has 0 amide bonds. The van der Waals surface area contributed by atoms with Crippen molar-refractivity contribution in [2.75, 3.05) is 9.80 Å². The van der Waals surface area contributed by atoms with Crippen molar-refractivity contribution in [3.8, 4) is 0 Å². The lowest BCUT2D eigenvalue weighted by atomic mass is 9.33. The highest BCUT2D eigenvalue weighted by Crippen LogP contribution is 2.47. The number of para-hydroxylation sites is 2. The van der Waals surface area contributed by atoms with Crippen LogP contribution in [-0.4, -0.2) is 6.71 Å². The van der Waals surface area contributed by atoms with Crippen LogP contribution >= 0.6 is 0 Å². The van der Waals surface area contributed by atoms with E-state index in [0.29, 0.717) is 17.8 Å². The van der Waals surface area contributed by atoms with Gasteiger partial charge in [-0.2, -0.15) is 0 Å². The molecule has 2 nitrogen and oxygen atoms in total. The van der Waals surface area contributed by atoms with Crippen molar-refractivity contribution in [2.45, 2.75) is 77.6 Å². The minimum absolute atomic E-state index is 0.173. The highest BCUT2D eigenvalue weighted by molar-refractivity contribution is 7.00. The summed E-state index contributed by atoms with van der Waals surface area (Å²) in [5.41, 5.74) is 16.2. The average molecular weight is 587 g/mol. The Morgan fingerprint density at radius 3 is 1.78 bits per heavy atom. The maximum Gasteiger partial charge on any atom is 0.252 e. The van der Waals surface area contributed by atoms with Gasteiger partial charge in [0.25, 0.3) is 6.71 Å². The largest absolute Gasteiger partial charge is 0.311 e. The zero-order chi connectivity index (χ0) is 30.7. The van der Waals surface area contributed by atoms with E-state index in [0.717, 1.165) is 0 Å². The van der Waals surface area contributed by atoms with Gasteiger partial charge in [-0.05, 0) is 112 Å². The van der Waals surface area contributed by atoms with E-state index in [1.54, 1.807) is 0 Å². The van der Waals surface area contributed by atoms with Crippen molar-refractivity contribution in [2.24, 2.45) is 0 Å².